The van der Waals surface area contributed by atoms with Gasteiger partial charge in [-0.25, -0.2) is 13.8 Å². The molecule has 0 bridgehead atoms. The van der Waals surface area contributed by atoms with Crippen LogP contribution in [-0.4, -0.2) is 9.97 Å². The molecule has 0 unspecified atom stereocenters. The molecule has 2 aromatic carbocycles. The molecule has 0 fully saturated rings. The number of aryl methyl sites for hydroxylation is 1. The van der Waals surface area contributed by atoms with Crippen LogP contribution in [-0.2, 0) is 0 Å². The lowest BCUT2D eigenvalue weighted by Gasteiger charge is -2.11. The van der Waals surface area contributed by atoms with E-state index < -0.39 is 11.6 Å². The quantitative estimate of drug-likeness (QED) is 0.737. The Bertz CT molecular complexity index is 946. The number of aromatic nitrogens is 2. The summed E-state index contributed by atoms with van der Waals surface area (Å²) in [5.74, 6) is -0.940. The first-order valence-corrected chi connectivity index (χ1v) is 7.39. The first kappa shape index (κ1) is 16.3. The van der Waals surface area contributed by atoms with Crippen LogP contribution in [0.1, 0.15) is 11.3 Å². The van der Waals surface area contributed by atoms with Crippen LogP contribution in [0, 0.1) is 29.9 Å². The van der Waals surface area contributed by atoms with Gasteiger partial charge in [-0.2, -0.15) is 10.2 Å². The molecule has 0 saturated carbocycles. The number of nitrogens with zero attached hydrogens (tertiary/aromatic N) is 3. The second-order valence-corrected chi connectivity index (χ2v) is 5.26. The standard InChI is InChI=1S/C18H13F2N5/c1-11-8-16(24-17-14(19)6-3-7-15(17)20)25-18(22-11)23-13-5-2-4-12(9-13)10-21/h2-9H,1H3,(H2,22,23,24,25). The highest BCUT2D eigenvalue weighted by Crippen LogP contribution is 2.24. The summed E-state index contributed by atoms with van der Waals surface area (Å²) in [6, 6.07) is 14.0. The van der Waals surface area contributed by atoms with Gasteiger partial charge in [0.25, 0.3) is 0 Å². The fraction of sp³-hybridized carbons (Fsp3) is 0.0556. The molecule has 25 heavy (non-hydrogen) atoms. The SMILES string of the molecule is Cc1cc(Nc2c(F)cccc2F)nc(Nc2cccc(C#N)c2)n1. The number of nitriles is 1. The molecule has 124 valence electrons. The highest BCUT2D eigenvalue weighted by atomic mass is 19.1. The normalized spacial score (nSPS) is 10.2. The number of halogens is 2. The van der Waals surface area contributed by atoms with Gasteiger partial charge in [0.05, 0.1) is 11.6 Å². The summed E-state index contributed by atoms with van der Waals surface area (Å²) in [7, 11) is 0. The van der Waals surface area contributed by atoms with Crippen molar-refractivity contribution in [2.45, 2.75) is 6.92 Å². The van der Waals surface area contributed by atoms with Gasteiger partial charge in [0.2, 0.25) is 5.95 Å². The minimum atomic E-state index is -0.715. The highest BCUT2D eigenvalue weighted by Gasteiger charge is 2.10. The number of para-hydroxylation sites is 1. The van der Waals surface area contributed by atoms with Gasteiger partial charge in [0, 0.05) is 17.4 Å². The molecule has 0 aliphatic heterocycles. The van der Waals surface area contributed by atoms with Crippen molar-refractivity contribution in [2.75, 3.05) is 10.6 Å². The second kappa shape index (κ2) is 6.93. The van der Waals surface area contributed by atoms with Gasteiger partial charge in [-0.05, 0) is 37.3 Å². The van der Waals surface area contributed by atoms with Gasteiger partial charge >= 0.3 is 0 Å². The zero-order valence-electron chi connectivity index (χ0n) is 13.2. The van der Waals surface area contributed by atoms with E-state index in [0.29, 0.717) is 16.9 Å². The third kappa shape index (κ3) is 3.87. The molecule has 1 heterocycles. The van der Waals surface area contributed by atoms with Crippen LogP contribution in [0.15, 0.2) is 48.5 Å². The van der Waals surface area contributed by atoms with E-state index in [1.165, 1.54) is 6.07 Å². The number of rotatable bonds is 4. The summed E-state index contributed by atoms with van der Waals surface area (Å²) in [6.45, 7) is 1.74. The molecule has 0 radical (unpaired) electrons. The maximum atomic E-state index is 13.8. The van der Waals surface area contributed by atoms with Gasteiger partial charge in [-0.15, -0.1) is 0 Å². The fourth-order valence-electron chi connectivity index (χ4n) is 2.23. The zero-order chi connectivity index (χ0) is 17.8. The molecule has 3 aromatic rings. The Morgan fingerprint density at radius 2 is 1.68 bits per heavy atom. The van der Waals surface area contributed by atoms with Gasteiger partial charge < -0.3 is 10.6 Å². The molecule has 2 N–H and O–H groups in total. The summed E-state index contributed by atoms with van der Waals surface area (Å²) in [6.07, 6.45) is 0. The van der Waals surface area contributed by atoms with Crippen molar-refractivity contribution >= 4 is 23.1 Å². The average Bonchev–Trinajstić information content (AvgIpc) is 2.58. The van der Waals surface area contributed by atoms with Crippen LogP contribution < -0.4 is 10.6 Å². The Balaban J connectivity index is 1.89. The van der Waals surface area contributed by atoms with Crippen molar-refractivity contribution in [1.82, 2.24) is 9.97 Å². The third-order valence-corrected chi connectivity index (χ3v) is 3.32. The molecule has 3 rings (SSSR count). The molecular weight excluding hydrogens is 324 g/mol. The molecule has 5 nitrogen and oxygen atoms in total. The Kier molecular flexibility index (Phi) is 4.53. The van der Waals surface area contributed by atoms with E-state index in [1.807, 2.05) is 6.07 Å². The number of benzene rings is 2. The van der Waals surface area contributed by atoms with Crippen LogP contribution in [0.4, 0.5) is 31.9 Å². The van der Waals surface area contributed by atoms with E-state index in [4.69, 9.17) is 5.26 Å². The van der Waals surface area contributed by atoms with Gasteiger partial charge in [-0.3, -0.25) is 0 Å². The summed E-state index contributed by atoms with van der Waals surface area (Å²) < 4.78 is 27.6. The average molecular weight is 337 g/mol. The van der Waals surface area contributed by atoms with E-state index in [2.05, 4.69) is 20.6 Å². The second-order valence-electron chi connectivity index (χ2n) is 5.26. The third-order valence-electron chi connectivity index (χ3n) is 3.32. The largest absolute Gasteiger partial charge is 0.335 e. The molecular formula is C18H13F2N5. The van der Waals surface area contributed by atoms with Crippen molar-refractivity contribution in [2.24, 2.45) is 0 Å². The first-order valence-electron chi connectivity index (χ1n) is 7.39. The van der Waals surface area contributed by atoms with Crippen LogP contribution in [0.3, 0.4) is 0 Å². The van der Waals surface area contributed by atoms with Crippen molar-refractivity contribution in [3.05, 3.63) is 71.4 Å². The summed E-state index contributed by atoms with van der Waals surface area (Å²) in [5.41, 5.74) is 1.45. The van der Waals surface area contributed by atoms with Crippen LogP contribution >= 0.6 is 0 Å². The van der Waals surface area contributed by atoms with Gasteiger partial charge in [-0.1, -0.05) is 12.1 Å². The first-order chi connectivity index (χ1) is 12.0. The minimum absolute atomic E-state index is 0.245. The molecule has 0 spiro atoms. The van der Waals surface area contributed by atoms with Crippen molar-refractivity contribution in [1.29, 1.82) is 5.26 Å². The van der Waals surface area contributed by atoms with Crippen LogP contribution in [0.2, 0.25) is 0 Å². The number of hydrogen-bond acceptors (Lipinski definition) is 5. The van der Waals surface area contributed by atoms with E-state index in [0.717, 1.165) is 12.1 Å². The monoisotopic (exact) mass is 337 g/mol. The molecule has 0 atom stereocenters. The molecule has 0 aliphatic carbocycles. The van der Waals surface area contributed by atoms with Gasteiger partial charge in [0.1, 0.15) is 23.1 Å². The Morgan fingerprint density at radius 1 is 0.960 bits per heavy atom. The fourth-order valence-corrected chi connectivity index (χ4v) is 2.23. The van der Waals surface area contributed by atoms with E-state index in [1.54, 1.807) is 37.3 Å². The molecule has 0 saturated heterocycles. The lowest BCUT2D eigenvalue weighted by molar-refractivity contribution is 0.590. The predicted molar refractivity (Wildman–Crippen MR) is 90.8 cm³/mol. The van der Waals surface area contributed by atoms with Crippen molar-refractivity contribution in [3.63, 3.8) is 0 Å². The topological polar surface area (TPSA) is 73.6 Å². The maximum absolute atomic E-state index is 13.8. The Hall–Kier alpha value is -3.53. The smallest absolute Gasteiger partial charge is 0.229 e. The number of hydrogen-bond donors (Lipinski definition) is 2. The Morgan fingerprint density at radius 3 is 2.40 bits per heavy atom. The summed E-state index contributed by atoms with van der Waals surface area (Å²) in [4.78, 5) is 8.45. The summed E-state index contributed by atoms with van der Waals surface area (Å²) in [5, 5.41) is 14.6. The van der Waals surface area contributed by atoms with Crippen LogP contribution in [0.25, 0.3) is 0 Å². The molecule has 1 aromatic heterocycles. The number of nitrogens with one attached hydrogen (secondary N) is 2. The zero-order valence-corrected chi connectivity index (χ0v) is 13.2. The van der Waals surface area contributed by atoms with E-state index >= 15 is 0 Å². The Labute approximate surface area is 143 Å². The highest BCUT2D eigenvalue weighted by molar-refractivity contribution is 5.61. The van der Waals surface area contributed by atoms with E-state index in [-0.39, 0.29) is 17.5 Å². The summed E-state index contributed by atoms with van der Waals surface area (Å²) >= 11 is 0. The molecule has 0 aliphatic rings. The predicted octanol–water partition coefficient (Wildman–Crippen LogP) is 4.42. The van der Waals surface area contributed by atoms with Crippen LogP contribution in [0.5, 0.6) is 0 Å². The maximum Gasteiger partial charge on any atom is 0.229 e. The lowest BCUT2D eigenvalue weighted by atomic mass is 10.2. The number of anilines is 4. The van der Waals surface area contributed by atoms with E-state index in [9.17, 15) is 8.78 Å². The molecule has 0 amide bonds. The van der Waals surface area contributed by atoms with Crippen molar-refractivity contribution in [3.8, 4) is 6.07 Å². The van der Waals surface area contributed by atoms with Gasteiger partial charge in [0.15, 0.2) is 0 Å². The minimum Gasteiger partial charge on any atom is -0.335 e. The molecule has 7 heteroatoms. The van der Waals surface area contributed by atoms with Crippen molar-refractivity contribution < 1.29 is 8.78 Å². The lowest BCUT2D eigenvalue weighted by Crippen LogP contribution is -2.04.